The lowest BCUT2D eigenvalue weighted by atomic mass is 9.94. The summed E-state index contributed by atoms with van der Waals surface area (Å²) in [4.78, 5) is 19.4. The molecule has 1 aliphatic rings. The average Bonchev–Trinajstić information content (AvgIpc) is 3.35. The Bertz CT molecular complexity index is 1020. The van der Waals surface area contributed by atoms with Gasteiger partial charge in [0.15, 0.2) is 0 Å². The number of hydrogen-bond donors (Lipinski definition) is 1. The first kappa shape index (κ1) is 21.2. The predicted molar refractivity (Wildman–Crippen MR) is 123 cm³/mol. The largest absolute Gasteiger partial charge is 0.313 e. The highest BCUT2D eigenvalue weighted by Gasteiger charge is 2.31. The van der Waals surface area contributed by atoms with Gasteiger partial charge in [0.25, 0.3) is 5.91 Å². The van der Waals surface area contributed by atoms with Crippen LogP contribution in [0, 0.1) is 19.7 Å². The van der Waals surface area contributed by atoms with Crippen molar-refractivity contribution in [3.8, 4) is 0 Å². The first-order valence-electron chi connectivity index (χ1n) is 10.1. The quantitative estimate of drug-likeness (QED) is 0.592. The van der Waals surface area contributed by atoms with E-state index in [4.69, 9.17) is 0 Å². The van der Waals surface area contributed by atoms with E-state index < -0.39 is 0 Å². The number of nitrogens with one attached hydrogen (secondary N) is 1. The lowest BCUT2D eigenvalue weighted by Gasteiger charge is -2.39. The molecule has 1 saturated heterocycles. The highest BCUT2D eigenvalue weighted by molar-refractivity contribution is 7.17. The zero-order valence-corrected chi connectivity index (χ0v) is 19.1. The fraction of sp³-hybridized carbons (Fsp3) is 0.348. The molecule has 1 fully saturated rings. The van der Waals surface area contributed by atoms with Crippen LogP contribution >= 0.6 is 22.7 Å². The van der Waals surface area contributed by atoms with E-state index >= 15 is 0 Å². The van der Waals surface area contributed by atoms with Gasteiger partial charge in [-0.3, -0.25) is 9.69 Å². The van der Waals surface area contributed by atoms with Crippen LogP contribution in [-0.4, -0.2) is 48.9 Å². The summed E-state index contributed by atoms with van der Waals surface area (Å²) < 4.78 is 14.2. The lowest BCUT2D eigenvalue weighted by Crippen LogP contribution is -2.46. The molecule has 3 aromatic rings. The van der Waals surface area contributed by atoms with Gasteiger partial charge in [0.1, 0.15) is 10.8 Å². The van der Waals surface area contributed by atoms with Crippen LogP contribution in [0.5, 0.6) is 0 Å². The summed E-state index contributed by atoms with van der Waals surface area (Å²) in [6.45, 7) is 7.89. The van der Waals surface area contributed by atoms with E-state index in [1.54, 1.807) is 23.5 Å². The number of rotatable bonds is 5. The van der Waals surface area contributed by atoms with E-state index in [2.05, 4.69) is 36.0 Å². The van der Waals surface area contributed by atoms with Crippen molar-refractivity contribution in [3.05, 3.63) is 74.0 Å². The molecule has 4 nitrogen and oxygen atoms in total. The standard InChI is InChI=1S/C23H26FN3OS2/c1-15-16(2)30-23(25-22(28)19-8-5-13-29-19)20(15)21(17-6-4-7-18(24)14-17)27-11-9-26(3)10-12-27/h4-8,13-14,21H,9-12H2,1-3H3,(H,25,28). The minimum Gasteiger partial charge on any atom is -0.313 e. The third-order valence-electron chi connectivity index (χ3n) is 5.74. The summed E-state index contributed by atoms with van der Waals surface area (Å²) in [7, 11) is 2.13. The van der Waals surface area contributed by atoms with E-state index in [0.29, 0.717) is 4.88 Å². The minimum atomic E-state index is -0.236. The van der Waals surface area contributed by atoms with Gasteiger partial charge in [-0.25, -0.2) is 4.39 Å². The number of nitrogens with zero attached hydrogens (tertiary/aromatic N) is 2. The van der Waals surface area contributed by atoms with Crippen LogP contribution in [-0.2, 0) is 0 Å². The third-order valence-corrected chi connectivity index (χ3v) is 7.75. The number of benzene rings is 1. The van der Waals surface area contributed by atoms with Crippen molar-refractivity contribution in [3.63, 3.8) is 0 Å². The highest BCUT2D eigenvalue weighted by Crippen LogP contribution is 2.42. The van der Waals surface area contributed by atoms with Crippen LogP contribution < -0.4 is 5.32 Å². The number of amides is 1. The molecule has 0 radical (unpaired) electrons. The molecule has 4 rings (SSSR count). The molecule has 0 saturated carbocycles. The van der Waals surface area contributed by atoms with E-state index in [1.165, 1.54) is 22.3 Å². The zero-order valence-electron chi connectivity index (χ0n) is 17.4. The summed E-state index contributed by atoms with van der Waals surface area (Å²) in [5.41, 5.74) is 3.17. The van der Waals surface area contributed by atoms with E-state index in [0.717, 1.165) is 47.9 Å². The fourth-order valence-electron chi connectivity index (χ4n) is 3.96. The van der Waals surface area contributed by atoms with Gasteiger partial charge in [0.05, 0.1) is 10.9 Å². The van der Waals surface area contributed by atoms with Crippen LogP contribution in [0.15, 0.2) is 41.8 Å². The third kappa shape index (κ3) is 4.34. The first-order valence-corrected chi connectivity index (χ1v) is 11.8. The molecule has 1 aromatic carbocycles. The van der Waals surface area contributed by atoms with Crippen LogP contribution in [0.4, 0.5) is 9.39 Å². The number of piperazine rings is 1. The second-order valence-corrected chi connectivity index (χ2v) is 9.93. The summed E-state index contributed by atoms with van der Waals surface area (Å²) >= 11 is 3.03. The van der Waals surface area contributed by atoms with Gasteiger partial charge >= 0.3 is 0 Å². The molecular formula is C23H26FN3OS2. The van der Waals surface area contributed by atoms with Gasteiger partial charge in [-0.15, -0.1) is 22.7 Å². The maximum atomic E-state index is 14.2. The van der Waals surface area contributed by atoms with Crippen molar-refractivity contribution in [2.75, 3.05) is 38.5 Å². The monoisotopic (exact) mass is 443 g/mol. The molecule has 0 aliphatic carbocycles. The van der Waals surface area contributed by atoms with Crippen LogP contribution in [0.25, 0.3) is 0 Å². The second-order valence-electron chi connectivity index (χ2n) is 7.75. The topological polar surface area (TPSA) is 35.6 Å². The van der Waals surface area contributed by atoms with E-state index in [1.807, 2.05) is 23.6 Å². The molecular weight excluding hydrogens is 417 g/mol. The molecule has 0 spiro atoms. The predicted octanol–water partition coefficient (Wildman–Crippen LogP) is 5.15. The molecule has 1 N–H and O–H groups in total. The SMILES string of the molecule is Cc1sc(NC(=O)c2cccs2)c(C(c2cccc(F)c2)N2CCN(C)CC2)c1C. The lowest BCUT2D eigenvalue weighted by molar-refractivity contribution is 0.103. The Labute approximate surface area is 185 Å². The molecule has 1 atom stereocenters. The smallest absolute Gasteiger partial charge is 0.266 e. The Kier molecular flexibility index (Phi) is 6.34. The van der Waals surface area contributed by atoms with Gasteiger partial charge in [-0.1, -0.05) is 18.2 Å². The molecule has 3 heterocycles. The Balaban J connectivity index is 1.77. The van der Waals surface area contributed by atoms with E-state index in [9.17, 15) is 9.18 Å². The molecule has 158 valence electrons. The van der Waals surface area contributed by atoms with Gasteiger partial charge in [-0.2, -0.15) is 0 Å². The number of aryl methyl sites for hydroxylation is 1. The number of thiophene rings is 2. The highest BCUT2D eigenvalue weighted by atomic mass is 32.1. The fourth-order valence-corrected chi connectivity index (χ4v) is 5.66. The molecule has 1 unspecified atom stereocenters. The van der Waals surface area contributed by atoms with Gasteiger partial charge in [0, 0.05) is 36.6 Å². The van der Waals surface area contributed by atoms with Gasteiger partial charge in [-0.05, 0) is 55.6 Å². The van der Waals surface area contributed by atoms with E-state index in [-0.39, 0.29) is 17.8 Å². The molecule has 7 heteroatoms. The first-order chi connectivity index (χ1) is 14.4. The Hall–Kier alpha value is -2.06. The summed E-state index contributed by atoms with van der Waals surface area (Å²) in [6.07, 6.45) is 0. The van der Waals surface area contributed by atoms with Crippen LogP contribution in [0.2, 0.25) is 0 Å². The van der Waals surface area contributed by atoms with Crippen molar-refractivity contribution in [1.29, 1.82) is 0 Å². The van der Waals surface area contributed by atoms with Crippen molar-refractivity contribution < 1.29 is 9.18 Å². The van der Waals surface area contributed by atoms with Crippen molar-refractivity contribution in [2.24, 2.45) is 0 Å². The molecule has 0 bridgehead atoms. The zero-order chi connectivity index (χ0) is 21.3. The number of likely N-dealkylation sites (N-methyl/N-ethyl adjacent to an activating group) is 1. The molecule has 2 aromatic heterocycles. The van der Waals surface area contributed by atoms with Crippen molar-refractivity contribution >= 4 is 33.6 Å². The molecule has 1 amide bonds. The van der Waals surface area contributed by atoms with Gasteiger partial charge in [0.2, 0.25) is 0 Å². The van der Waals surface area contributed by atoms with Crippen LogP contribution in [0.1, 0.15) is 37.3 Å². The number of anilines is 1. The second kappa shape index (κ2) is 8.98. The number of halogens is 1. The Morgan fingerprint density at radius 3 is 2.57 bits per heavy atom. The summed E-state index contributed by atoms with van der Waals surface area (Å²) in [5, 5.41) is 5.91. The van der Waals surface area contributed by atoms with Crippen molar-refractivity contribution in [1.82, 2.24) is 9.80 Å². The summed E-state index contributed by atoms with van der Waals surface area (Å²) in [5.74, 6) is -0.329. The normalized spacial score (nSPS) is 16.5. The Morgan fingerprint density at radius 1 is 1.13 bits per heavy atom. The Morgan fingerprint density at radius 2 is 1.90 bits per heavy atom. The maximum absolute atomic E-state index is 14.2. The molecule has 1 aliphatic heterocycles. The maximum Gasteiger partial charge on any atom is 0.266 e. The number of carbonyl (C=O) groups excluding carboxylic acids is 1. The minimum absolute atomic E-state index is 0.0936. The molecule has 30 heavy (non-hydrogen) atoms. The number of carbonyl (C=O) groups is 1. The summed E-state index contributed by atoms with van der Waals surface area (Å²) in [6, 6.07) is 10.5. The van der Waals surface area contributed by atoms with Crippen LogP contribution in [0.3, 0.4) is 0 Å². The van der Waals surface area contributed by atoms with Gasteiger partial charge < -0.3 is 10.2 Å². The average molecular weight is 444 g/mol. The van der Waals surface area contributed by atoms with Crippen molar-refractivity contribution in [2.45, 2.75) is 19.9 Å². The number of hydrogen-bond acceptors (Lipinski definition) is 5.